The van der Waals surface area contributed by atoms with Crippen molar-refractivity contribution in [3.8, 4) is 6.07 Å². The molecule has 2 rings (SSSR count). The molecule has 1 N–H and O–H groups in total. The smallest absolute Gasteiger partial charge is 0.0991 e. The van der Waals surface area contributed by atoms with Crippen molar-refractivity contribution < 1.29 is 0 Å². The van der Waals surface area contributed by atoms with Gasteiger partial charge in [0.15, 0.2) is 0 Å². The molecule has 1 saturated heterocycles. The normalized spacial score (nSPS) is 21.5. The molecule has 1 aliphatic rings. The third kappa shape index (κ3) is 2.09. The minimum atomic E-state index is 0.552. The van der Waals surface area contributed by atoms with E-state index >= 15 is 0 Å². The predicted molar refractivity (Wildman–Crippen MR) is 59.2 cm³/mol. The minimum absolute atomic E-state index is 0.552. The van der Waals surface area contributed by atoms with Gasteiger partial charge in [0.1, 0.15) is 0 Å². The van der Waals surface area contributed by atoms with Crippen LogP contribution in [0, 0.1) is 11.3 Å². The van der Waals surface area contributed by atoms with Crippen LogP contribution in [0.1, 0.15) is 16.4 Å². The van der Waals surface area contributed by atoms with Crippen molar-refractivity contribution in [2.75, 3.05) is 18.8 Å². The van der Waals surface area contributed by atoms with Crippen LogP contribution in [0.3, 0.4) is 0 Å². The molecular formula is C11H12N2S. The van der Waals surface area contributed by atoms with Crippen LogP contribution in [0.15, 0.2) is 24.3 Å². The summed E-state index contributed by atoms with van der Waals surface area (Å²) in [5, 5.41) is 12.6. The van der Waals surface area contributed by atoms with Gasteiger partial charge in [0.2, 0.25) is 0 Å². The summed E-state index contributed by atoms with van der Waals surface area (Å²) in [6.07, 6.45) is 0. The molecule has 0 spiro atoms. The van der Waals surface area contributed by atoms with Gasteiger partial charge in [-0.3, -0.25) is 0 Å². The average molecular weight is 204 g/mol. The Labute approximate surface area is 88.3 Å². The molecule has 1 atom stereocenters. The van der Waals surface area contributed by atoms with Gasteiger partial charge in [0.05, 0.1) is 11.6 Å². The number of thioether (sulfide) groups is 1. The van der Waals surface area contributed by atoms with Crippen LogP contribution >= 0.6 is 11.8 Å². The van der Waals surface area contributed by atoms with E-state index in [0.717, 1.165) is 18.7 Å². The van der Waals surface area contributed by atoms with E-state index in [-0.39, 0.29) is 0 Å². The minimum Gasteiger partial charge on any atom is -0.314 e. The first-order valence-corrected chi connectivity index (χ1v) is 5.77. The fourth-order valence-corrected chi connectivity index (χ4v) is 2.68. The van der Waals surface area contributed by atoms with E-state index in [1.54, 1.807) is 0 Å². The van der Waals surface area contributed by atoms with E-state index in [9.17, 15) is 0 Å². The van der Waals surface area contributed by atoms with E-state index in [1.165, 1.54) is 11.3 Å². The Bertz CT molecular complexity index is 333. The standard InChI is InChI=1S/C11H12N2S/c12-7-9-1-3-10(4-2-9)11-8-13-5-6-14-11/h1-4,11,13H,5-6,8H2. The van der Waals surface area contributed by atoms with E-state index in [4.69, 9.17) is 5.26 Å². The second kappa shape index (κ2) is 4.50. The van der Waals surface area contributed by atoms with Crippen molar-refractivity contribution >= 4 is 11.8 Å². The maximum Gasteiger partial charge on any atom is 0.0991 e. The quantitative estimate of drug-likeness (QED) is 0.759. The van der Waals surface area contributed by atoms with E-state index in [0.29, 0.717) is 5.25 Å². The Hall–Kier alpha value is -0.980. The highest BCUT2D eigenvalue weighted by molar-refractivity contribution is 7.99. The molecular weight excluding hydrogens is 192 g/mol. The molecule has 1 heterocycles. The van der Waals surface area contributed by atoms with Gasteiger partial charge in [0.25, 0.3) is 0 Å². The van der Waals surface area contributed by atoms with E-state index < -0.39 is 0 Å². The van der Waals surface area contributed by atoms with Gasteiger partial charge in [-0.2, -0.15) is 17.0 Å². The largest absolute Gasteiger partial charge is 0.314 e. The van der Waals surface area contributed by atoms with Gasteiger partial charge in [-0.25, -0.2) is 0 Å². The molecule has 0 aromatic heterocycles. The molecule has 0 amide bonds. The monoisotopic (exact) mass is 204 g/mol. The first-order valence-electron chi connectivity index (χ1n) is 4.72. The third-order valence-corrected chi connectivity index (χ3v) is 3.62. The van der Waals surface area contributed by atoms with Crippen LogP contribution in [0.25, 0.3) is 0 Å². The van der Waals surface area contributed by atoms with Crippen molar-refractivity contribution in [2.45, 2.75) is 5.25 Å². The van der Waals surface area contributed by atoms with Gasteiger partial charge in [-0.1, -0.05) is 12.1 Å². The lowest BCUT2D eigenvalue weighted by Gasteiger charge is -2.22. The summed E-state index contributed by atoms with van der Waals surface area (Å²) in [5.41, 5.74) is 2.06. The second-order valence-corrected chi connectivity index (χ2v) is 4.61. The van der Waals surface area contributed by atoms with Crippen LogP contribution in [-0.2, 0) is 0 Å². The van der Waals surface area contributed by atoms with E-state index in [2.05, 4.69) is 23.5 Å². The Kier molecular flexibility index (Phi) is 3.07. The molecule has 1 aliphatic heterocycles. The van der Waals surface area contributed by atoms with Crippen LogP contribution in [0.5, 0.6) is 0 Å². The molecule has 1 unspecified atom stereocenters. The summed E-state index contributed by atoms with van der Waals surface area (Å²) < 4.78 is 0. The van der Waals surface area contributed by atoms with Crippen LogP contribution in [0.2, 0.25) is 0 Å². The van der Waals surface area contributed by atoms with Crippen LogP contribution in [-0.4, -0.2) is 18.8 Å². The maximum absolute atomic E-state index is 8.67. The third-order valence-electron chi connectivity index (χ3n) is 2.34. The van der Waals surface area contributed by atoms with Gasteiger partial charge in [-0.05, 0) is 17.7 Å². The highest BCUT2D eigenvalue weighted by Crippen LogP contribution is 2.29. The molecule has 0 saturated carbocycles. The fourth-order valence-electron chi connectivity index (χ4n) is 1.55. The summed E-state index contributed by atoms with van der Waals surface area (Å²) in [4.78, 5) is 0. The van der Waals surface area contributed by atoms with Gasteiger partial charge < -0.3 is 5.32 Å². The van der Waals surface area contributed by atoms with Crippen molar-refractivity contribution in [2.24, 2.45) is 0 Å². The zero-order valence-electron chi connectivity index (χ0n) is 7.86. The van der Waals surface area contributed by atoms with Crippen LogP contribution in [0.4, 0.5) is 0 Å². The van der Waals surface area contributed by atoms with Gasteiger partial charge in [-0.15, -0.1) is 0 Å². The van der Waals surface area contributed by atoms with Gasteiger partial charge >= 0.3 is 0 Å². The number of nitriles is 1. The molecule has 0 aliphatic carbocycles. The highest BCUT2D eigenvalue weighted by atomic mass is 32.2. The summed E-state index contributed by atoms with van der Waals surface area (Å²) in [6, 6.07) is 10.0. The summed E-state index contributed by atoms with van der Waals surface area (Å²) in [6.45, 7) is 2.15. The molecule has 14 heavy (non-hydrogen) atoms. The van der Waals surface area contributed by atoms with E-state index in [1.807, 2.05) is 23.9 Å². The zero-order chi connectivity index (χ0) is 9.80. The van der Waals surface area contributed by atoms with Crippen molar-refractivity contribution in [1.29, 1.82) is 5.26 Å². The number of nitrogens with zero attached hydrogens (tertiary/aromatic N) is 1. The number of hydrogen-bond acceptors (Lipinski definition) is 3. The summed E-state index contributed by atoms with van der Waals surface area (Å²) in [7, 11) is 0. The van der Waals surface area contributed by atoms with Crippen molar-refractivity contribution in [1.82, 2.24) is 5.32 Å². The first kappa shape index (κ1) is 9.57. The fraction of sp³-hybridized carbons (Fsp3) is 0.364. The van der Waals surface area contributed by atoms with Gasteiger partial charge in [0, 0.05) is 24.1 Å². The number of hydrogen-bond donors (Lipinski definition) is 1. The molecule has 2 nitrogen and oxygen atoms in total. The Morgan fingerprint density at radius 2 is 2.14 bits per heavy atom. The topological polar surface area (TPSA) is 35.8 Å². The highest BCUT2D eigenvalue weighted by Gasteiger charge is 2.14. The SMILES string of the molecule is N#Cc1ccc(C2CNCCS2)cc1. The lowest BCUT2D eigenvalue weighted by atomic mass is 10.1. The predicted octanol–water partition coefficient (Wildman–Crippen LogP) is 1.94. The molecule has 1 aromatic rings. The first-order chi connectivity index (χ1) is 6.90. The second-order valence-electron chi connectivity index (χ2n) is 3.30. The molecule has 3 heteroatoms. The van der Waals surface area contributed by atoms with Crippen molar-refractivity contribution in [3.63, 3.8) is 0 Å². The Morgan fingerprint density at radius 1 is 1.36 bits per heavy atom. The maximum atomic E-state index is 8.67. The Morgan fingerprint density at radius 3 is 2.71 bits per heavy atom. The average Bonchev–Trinajstić information content (AvgIpc) is 2.30. The summed E-state index contributed by atoms with van der Waals surface area (Å²) >= 11 is 1.98. The molecule has 0 radical (unpaired) electrons. The molecule has 0 bridgehead atoms. The lowest BCUT2D eigenvalue weighted by molar-refractivity contribution is 0.689. The number of benzene rings is 1. The molecule has 72 valence electrons. The number of rotatable bonds is 1. The van der Waals surface area contributed by atoms with Crippen molar-refractivity contribution in [3.05, 3.63) is 35.4 Å². The van der Waals surface area contributed by atoms with Crippen LogP contribution < -0.4 is 5.32 Å². The molecule has 1 fully saturated rings. The lowest BCUT2D eigenvalue weighted by Crippen LogP contribution is -2.28. The number of nitrogens with one attached hydrogen (secondary N) is 1. The Balaban J connectivity index is 2.12. The zero-order valence-corrected chi connectivity index (χ0v) is 8.68. The summed E-state index contributed by atoms with van der Waals surface area (Å²) in [5.74, 6) is 1.17. The molecule has 1 aromatic carbocycles.